The lowest BCUT2D eigenvalue weighted by Crippen LogP contribution is -2.23. The number of ether oxygens (including phenoxy) is 3. The first-order valence-electron chi connectivity index (χ1n) is 7.19. The summed E-state index contributed by atoms with van der Waals surface area (Å²) >= 11 is 0. The van der Waals surface area contributed by atoms with Crippen molar-refractivity contribution in [2.45, 2.75) is 32.9 Å². The summed E-state index contributed by atoms with van der Waals surface area (Å²) in [6.45, 7) is 5.17. The normalized spacial score (nSPS) is 14.2. The maximum atomic E-state index is 14.5. The largest absolute Gasteiger partial charge is 0.490 e. The summed E-state index contributed by atoms with van der Waals surface area (Å²) in [7, 11) is 0. The molecule has 22 heavy (non-hydrogen) atoms. The Labute approximate surface area is 128 Å². The van der Waals surface area contributed by atoms with Gasteiger partial charge in [-0.3, -0.25) is 4.79 Å². The van der Waals surface area contributed by atoms with E-state index in [0.29, 0.717) is 31.1 Å². The van der Waals surface area contributed by atoms with Crippen LogP contribution in [0.5, 0.6) is 11.5 Å². The van der Waals surface area contributed by atoms with Gasteiger partial charge in [-0.15, -0.1) is 0 Å². The summed E-state index contributed by atoms with van der Waals surface area (Å²) in [4.78, 5) is 23.9. The third-order valence-corrected chi connectivity index (χ3v) is 3.23. The van der Waals surface area contributed by atoms with Crippen molar-refractivity contribution < 1.29 is 28.2 Å². The molecular formula is C16H19FO5. The minimum absolute atomic E-state index is 0.0600. The molecule has 1 heterocycles. The van der Waals surface area contributed by atoms with Gasteiger partial charge >= 0.3 is 5.97 Å². The van der Waals surface area contributed by atoms with Crippen molar-refractivity contribution in [2.75, 3.05) is 19.8 Å². The molecule has 0 unspecified atom stereocenters. The predicted molar refractivity (Wildman–Crippen MR) is 77.1 cm³/mol. The summed E-state index contributed by atoms with van der Waals surface area (Å²) in [5, 5.41) is 0. The highest BCUT2D eigenvalue weighted by Crippen LogP contribution is 2.38. The topological polar surface area (TPSA) is 61.8 Å². The molecule has 0 aliphatic carbocycles. The van der Waals surface area contributed by atoms with Crippen LogP contribution in [0.3, 0.4) is 0 Å². The van der Waals surface area contributed by atoms with E-state index in [1.807, 2.05) is 0 Å². The number of rotatable bonds is 4. The quantitative estimate of drug-likeness (QED) is 0.486. The van der Waals surface area contributed by atoms with Crippen LogP contribution >= 0.6 is 0 Å². The molecule has 0 radical (unpaired) electrons. The van der Waals surface area contributed by atoms with Crippen LogP contribution in [0.1, 0.15) is 43.1 Å². The predicted octanol–water partition coefficient (Wildman–Crippen LogP) is 2.80. The highest BCUT2D eigenvalue weighted by molar-refractivity contribution is 6.41. The number of benzene rings is 1. The molecule has 0 fully saturated rings. The zero-order valence-electron chi connectivity index (χ0n) is 12.9. The number of alkyl halides is 1. The summed E-state index contributed by atoms with van der Waals surface area (Å²) in [5.41, 5.74) is -1.80. The molecule has 0 spiro atoms. The third-order valence-electron chi connectivity index (χ3n) is 3.23. The van der Waals surface area contributed by atoms with Gasteiger partial charge in [-0.2, -0.15) is 0 Å². The van der Waals surface area contributed by atoms with Gasteiger partial charge in [-0.05, 0) is 32.9 Å². The average Bonchev–Trinajstić information content (AvgIpc) is 2.69. The zero-order chi connectivity index (χ0) is 16.3. The molecule has 1 aromatic rings. The smallest absolute Gasteiger partial charge is 0.379 e. The van der Waals surface area contributed by atoms with E-state index < -0.39 is 17.4 Å². The number of fused-ring (bicyclic) bond motifs is 1. The second-order valence-corrected chi connectivity index (χ2v) is 5.42. The fourth-order valence-electron chi connectivity index (χ4n) is 2.20. The number of hydrogen-bond acceptors (Lipinski definition) is 5. The summed E-state index contributed by atoms with van der Waals surface area (Å²) in [5.74, 6) is -1.20. The lowest BCUT2D eigenvalue weighted by molar-refractivity contribution is -0.137. The lowest BCUT2D eigenvalue weighted by Gasteiger charge is -2.20. The van der Waals surface area contributed by atoms with E-state index in [1.165, 1.54) is 26.0 Å². The Morgan fingerprint density at radius 3 is 2.36 bits per heavy atom. The fraction of sp³-hybridized carbons (Fsp3) is 0.500. The molecule has 0 atom stereocenters. The molecule has 0 bridgehead atoms. The van der Waals surface area contributed by atoms with Crippen molar-refractivity contribution in [3.05, 3.63) is 23.3 Å². The second-order valence-electron chi connectivity index (χ2n) is 5.42. The van der Waals surface area contributed by atoms with E-state index in [2.05, 4.69) is 0 Å². The number of esters is 1. The van der Waals surface area contributed by atoms with Crippen molar-refractivity contribution in [1.29, 1.82) is 0 Å². The first-order valence-corrected chi connectivity index (χ1v) is 7.19. The molecule has 0 aromatic heterocycles. The first kappa shape index (κ1) is 16.3. The van der Waals surface area contributed by atoms with Gasteiger partial charge in [0.15, 0.2) is 11.5 Å². The van der Waals surface area contributed by atoms with Crippen LogP contribution in [0.15, 0.2) is 12.1 Å². The van der Waals surface area contributed by atoms with Gasteiger partial charge in [0.05, 0.1) is 19.8 Å². The standard InChI is InChI=1S/C16H19FO5/c1-4-20-15(19)14(18)10-8-12-13(22-7-5-6-21-12)9-11(10)16(2,3)17/h8-9H,4-7H2,1-3H3. The van der Waals surface area contributed by atoms with Gasteiger partial charge in [0.2, 0.25) is 0 Å². The monoisotopic (exact) mass is 310 g/mol. The molecule has 5 nitrogen and oxygen atoms in total. The van der Waals surface area contributed by atoms with Crippen LogP contribution < -0.4 is 9.47 Å². The minimum Gasteiger partial charge on any atom is -0.490 e. The Bertz CT molecular complexity index is 589. The third kappa shape index (κ3) is 3.37. The van der Waals surface area contributed by atoms with Gasteiger partial charge in [0.1, 0.15) is 5.67 Å². The van der Waals surface area contributed by atoms with Crippen LogP contribution in [0, 0.1) is 0 Å². The number of carbonyl (C=O) groups is 2. The van der Waals surface area contributed by atoms with Crippen LogP contribution in [0.4, 0.5) is 4.39 Å². The van der Waals surface area contributed by atoms with Crippen LogP contribution in [0.25, 0.3) is 0 Å². The number of hydrogen-bond donors (Lipinski definition) is 0. The zero-order valence-corrected chi connectivity index (χ0v) is 12.9. The van der Waals surface area contributed by atoms with E-state index in [0.717, 1.165) is 0 Å². The SMILES string of the molecule is CCOC(=O)C(=O)c1cc2c(cc1C(C)(C)F)OCCCO2. The average molecular weight is 310 g/mol. The molecular weight excluding hydrogens is 291 g/mol. The molecule has 1 aliphatic heterocycles. The molecule has 0 amide bonds. The van der Waals surface area contributed by atoms with Crippen molar-refractivity contribution in [3.8, 4) is 11.5 Å². The van der Waals surface area contributed by atoms with E-state index >= 15 is 0 Å². The molecule has 6 heteroatoms. The van der Waals surface area contributed by atoms with E-state index in [9.17, 15) is 14.0 Å². The van der Waals surface area contributed by atoms with Crippen molar-refractivity contribution in [1.82, 2.24) is 0 Å². The summed E-state index contributed by atoms with van der Waals surface area (Å²) in [6.07, 6.45) is 0.685. The molecule has 120 valence electrons. The number of halogens is 1. The van der Waals surface area contributed by atoms with Crippen molar-refractivity contribution in [2.24, 2.45) is 0 Å². The van der Waals surface area contributed by atoms with Crippen molar-refractivity contribution >= 4 is 11.8 Å². The van der Waals surface area contributed by atoms with Gasteiger partial charge in [0.25, 0.3) is 5.78 Å². The maximum Gasteiger partial charge on any atom is 0.379 e. The van der Waals surface area contributed by atoms with Gasteiger partial charge in [-0.25, -0.2) is 9.18 Å². The number of Topliss-reactive ketones (excluding diaryl/α,β-unsaturated/α-hetero) is 1. The molecule has 0 N–H and O–H groups in total. The van der Waals surface area contributed by atoms with E-state index in [-0.39, 0.29) is 17.7 Å². The van der Waals surface area contributed by atoms with Gasteiger partial charge in [0, 0.05) is 17.5 Å². The summed E-state index contributed by atoms with van der Waals surface area (Å²) < 4.78 is 30.2. The summed E-state index contributed by atoms with van der Waals surface area (Å²) in [6, 6.07) is 2.78. The second kappa shape index (κ2) is 6.34. The van der Waals surface area contributed by atoms with Gasteiger partial charge < -0.3 is 14.2 Å². The Morgan fingerprint density at radius 2 is 1.82 bits per heavy atom. The van der Waals surface area contributed by atoms with E-state index in [4.69, 9.17) is 14.2 Å². The molecule has 0 saturated carbocycles. The Kier molecular flexibility index (Phi) is 4.68. The van der Waals surface area contributed by atoms with Crippen LogP contribution in [-0.4, -0.2) is 31.6 Å². The minimum atomic E-state index is -1.82. The highest BCUT2D eigenvalue weighted by Gasteiger charge is 2.31. The Hall–Kier alpha value is -2.11. The number of carbonyl (C=O) groups excluding carboxylic acids is 2. The first-order chi connectivity index (χ1) is 10.3. The number of ketones is 1. The molecule has 2 rings (SSSR count). The van der Waals surface area contributed by atoms with E-state index in [1.54, 1.807) is 6.92 Å². The van der Waals surface area contributed by atoms with Gasteiger partial charge in [-0.1, -0.05) is 0 Å². The highest BCUT2D eigenvalue weighted by atomic mass is 19.1. The molecule has 0 saturated heterocycles. The van der Waals surface area contributed by atoms with Crippen LogP contribution in [-0.2, 0) is 15.2 Å². The Balaban J connectivity index is 2.53. The maximum absolute atomic E-state index is 14.5. The Morgan fingerprint density at radius 1 is 1.23 bits per heavy atom. The van der Waals surface area contributed by atoms with Crippen LogP contribution in [0.2, 0.25) is 0 Å². The van der Waals surface area contributed by atoms with Crippen molar-refractivity contribution in [3.63, 3.8) is 0 Å². The molecule has 1 aromatic carbocycles. The molecule has 1 aliphatic rings. The lowest BCUT2D eigenvalue weighted by atomic mass is 9.91. The fourth-order valence-corrected chi connectivity index (χ4v) is 2.20.